The predicted octanol–water partition coefficient (Wildman–Crippen LogP) is 2.17. The average Bonchev–Trinajstić information content (AvgIpc) is 2.19. The van der Waals surface area contributed by atoms with Crippen LogP contribution in [0.2, 0.25) is 0 Å². The Balaban J connectivity index is 3.33. The fourth-order valence-electron chi connectivity index (χ4n) is 1.16. The first kappa shape index (κ1) is 13.3. The number of aliphatic hydroxyl groups excluding tert-OH is 1. The standard InChI is InChI=1S/C9H9BrF3NO2/c10-6-2-4(9(11,12)13)1-5(8(6)16)7(14)3-15/h1-2,7,15-16H,3,14H2. The Bertz CT molecular complexity index is 395. The fourth-order valence-corrected chi connectivity index (χ4v) is 1.64. The molecule has 7 heteroatoms. The zero-order chi connectivity index (χ0) is 12.5. The van der Waals surface area contributed by atoms with Crippen LogP contribution >= 0.6 is 15.9 Å². The van der Waals surface area contributed by atoms with Crippen LogP contribution in [0.5, 0.6) is 5.75 Å². The van der Waals surface area contributed by atoms with E-state index in [0.29, 0.717) is 0 Å². The molecule has 0 fully saturated rings. The highest BCUT2D eigenvalue weighted by atomic mass is 79.9. The van der Waals surface area contributed by atoms with Crippen molar-refractivity contribution in [3.8, 4) is 5.75 Å². The van der Waals surface area contributed by atoms with E-state index in [9.17, 15) is 18.3 Å². The molecule has 0 spiro atoms. The SMILES string of the molecule is NC(CO)c1cc(C(F)(F)F)cc(Br)c1O. The van der Waals surface area contributed by atoms with Gasteiger partial charge < -0.3 is 15.9 Å². The third kappa shape index (κ3) is 2.66. The number of phenols is 1. The van der Waals surface area contributed by atoms with E-state index in [1.807, 2.05) is 0 Å². The van der Waals surface area contributed by atoms with Gasteiger partial charge >= 0.3 is 6.18 Å². The number of nitrogens with two attached hydrogens (primary N) is 1. The van der Waals surface area contributed by atoms with Gasteiger partial charge in [-0.1, -0.05) is 0 Å². The molecule has 4 N–H and O–H groups in total. The molecule has 0 aromatic heterocycles. The summed E-state index contributed by atoms with van der Waals surface area (Å²) in [4.78, 5) is 0. The Kier molecular flexibility index (Phi) is 3.82. The van der Waals surface area contributed by atoms with Crippen LogP contribution in [-0.2, 0) is 6.18 Å². The molecule has 0 aliphatic heterocycles. The summed E-state index contributed by atoms with van der Waals surface area (Å²) in [6, 6.07) is 0.419. The Morgan fingerprint density at radius 2 is 1.94 bits per heavy atom. The monoisotopic (exact) mass is 299 g/mol. The van der Waals surface area contributed by atoms with Crippen molar-refractivity contribution in [2.24, 2.45) is 5.73 Å². The van der Waals surface area contributed by atoms with Crippen molar-refractivity contribution >= 4 is 15.9 Å². The number of benzene rings is 1. The number of aromatic hydroxyl groups is 1. The van der Waals surface area contributed by atoms with Gasteiger partial charge in [0.2, 0.25) is 0 Å². The number of aliphatic hydroxyl groups is 1. The Hall–Kier alpha value is -0.790. The second kappa shape index (κ2) is 4.60. The summed E-state index contributed by atoms with van der Waals surface area (Å²) in [7, 11) is 0. The maximum atomic E-state index is 12.4. The molecule has 0 aliphatic rings. The van der Waals surface area contributed by atoms with Gasteiger partial charge in [-0.15, -0.1) is 0 Å². The maximum Gasteiger partial charge on any atom is 0.416 e. The highest BCUT2D eigenvalue weighted by Gasteiger charge is 2.32. The van der Waals surface area contributed by atoms with Crippen molar-refractivity contribution < 1.29 is 23.4 Å². The lowest BCUT2D eigenvalue weighted by Gasteiger charge is -2.15. The van der Waals surface area contributed by atoms with Gasteiger partial charge in [-0.05, 0) is 28.1 Å². The van der Waals surface area contributed by atoms with Crippen LogP contribution in [0.15, 0.2) is 16.6 Å². The molecule has 3 nitrogen and oxygen atoms in total. The quantitative estimate of drug-likeness (QED) is 0.784. The smallest absolute Gasteiger partial charge is 0.416 e. The van der Waals surface area contributed by atoms with E-state index in [1.165, 1.54) is 0 Å². The average molecular weight is 300 g/mol. The minimum absolute atomic E-state index is 0.110. The van der Waals surface area contributed by atoms with Crippen LogP contribution in [0.25, 0.3) is 0 Å². The molecule has 0 aliphatic carbocycles. The molecule has 0 radical (unpaired) electrons. The number of halogens is 4. The molecule has 1 aromatic carbocycles. The summed E-state index contributed by atoms with van der Waals surface area (Å²) >= 11 is 2.80. The van der Waals surface area contributed by atoms with Crippen LogP contribution in [0.3, 0.4) is 0 Å². The van der Waals surface area contributed by atoms with Gasteiger partial charge in [0.1, 0.15) is 5.75 Å². The lowest BCUT2D eigenvalue weighted by molar-refractivity contribution is -0.137. The van der Waals surface area contributed by atoms with Crippen molar-refractivity contribution in [2.75, 3.05) is 6.61 Å². The van der Waals surface area contributed by atoms with Crippen LogP contribution in [0.1, 0.15) is 17.2 Å². The number of hydrogen-bond donors (Lipinski definition) is 3. The lowest BCUT2D eigenvalue weighted by atomic mass is 10.0. The summed E-state index contributed by atoms with van der Waals surface area (Å²) in [6.07, 6.45) is -4.53. The van der Waals surface area contributed by atoms with Gasteiger partial charge in [-0.2, -0.15) is 13.2 Å². The second-order valence-corrected chi connectivity index (χ2v) is 4.04. The first-order chi connectivity index (χ1) is 7.27. The molecule has 0 saturated heterocycles. The molecule has 16 heavy (non-hydrogen) atoms. The van der Waals surface area contributed by atoms with Crippen LogP contribution in [0, 0.1) is 0 Å². The van der Waals surface area contributed by atoms with E-state index >= 15 is 0 Å². The number of hydrogen-bond acceptors (Lipinski definition) is 3. The maximum absolute atomic E-state index is 12.4. The summed E-state index contributed by atoms with van der Waals surface area (Å²) in [6.45, 7) is -0.554. The van der Waals surface area contributed by atoms with E-state index in [4.69, 9.17) is 10.8 Å². The van der Waals surface area contributed by atoms with E-state index in [1.54, 1.807) is 0 Å². The molecule has 1 atom stereocenters. The van der Waals surface area contributed by atoms with Crippen LogP contribution < -0.4 is 5.73 Å². The first-order valence-corrected chi connectivity index (χ1v) is 5.02. The second-order valence-electron chi connectivity index (χ2n) is 3.18. The van der Waals surface area contributed by atoms with Crippen LogP contribution in [0.4, 0.5) is 13.2 Å². The predicted molar refractivity (Wildman–Crippen MR) is 54.8 cm³/mol. The van der Waals surface area contributed by atoms with E-state index in [2.05, 4.69) is 15.9 Å². The Morgan fingerprint density at radius 1 is 1.38 bits per heavy atom. The highest BCUT2D eigenvalue weighted by Crippen LogP contribution is 2.38. The fraction of sp³-hybridized carbons (Fsp3) is 0.333. The molecule has 0 bridgehead atoms. The molecule has 1 unspecified atom stereocenters. The zero-order valence-corrected chi connectivity index (χ0v) is 9.51. The highest BCUT2D eigenvalue weighted by molar-refractivity contribution is 9.10. The topological polar surface area (TPSA) is 66.5 Å². The molecular formula is C9H9BrF3NO2. The molecule has 0 heterocycles. The summed E-state index contributed by atoms with van der Waals surface area (Å²) in [5.74, 6) is -0.394. The normalized spacial score (nSPS) is 13.9. The third-order valence-corrected chi connectivity index (χ3v) is 2.62. The van der Waals surface area contributed by atoms with Crippen molar-refractivity contribution in [2.45, 2.75) is 12.2 Å². The summed E-state index contributed by atoms with van der Waals surface area (Å²) < 4.78 is 37.2. The van der Waals surface area contributed by atoms with Crippen molar-refractivity contribution in [1.29, 1.82) is 0 Å². The molecule has 0 amide bonds. The Labute approximate surface area is 97.8 Å². The summed E-state index contributed by atoms with van der Waals surface area (Å²) in [5.41, 5.74) is 4.29. The molecule has 1 aromatic rings. The van der Waals surface area contributed by atoms with Gasteiger partial charge in [0.15, 0.2) is 0 Å². The minimum atomic E-state index is -4.53. The third-order valence-electron chi connectivity index (χ3n) is 2.02. The number of phenolic OH excluding ortho intramolecular Hbond substituents is 1. The Morgan fingerprint density at radius 3 is 2.38 bits per heavy atom. The zero-order valence-electron chi connectivity index (χ0n) is 7.92. The number of rotatable bonds is 2. The number of alkyl halides is 3. The molecule has 90 valence electrons. The van der Waals surface area contributed by atoms with Crippen molar-refractivity contribution in [3.05, 3.63) is 27.7 Å². The molecule has 1 rings (SSSR count). The van der Waals surface area contributed by atoms with E-state index in [0.717, 1.165) is 12.1 Å². The van der Waals surface area contributed by atoms with Gasteiger partial charge in [-0.3, -0.25) is 0 Å². The van der Waals surface area contributed by atoms with Crippen molar-refractivity contribution in [1.82, 2.24) is 0 Å². The molecular weight excluding hydrogens is 291 g/mol. The largest absolute Gasteiger partial charge is 0.506 e. The summed E-state index contributed by atoms with van der Waals surface area (Å²) in [5, 5.41) is 18.2. The van der Waals surface area contributed by atoms with Gasteiger partial charge in [0, 0.05) is 5.56 Å². The first-order valence-electron chi connectivity index (χ1n) is 4.23. The molecule has 0 saturated carbocycles. The van der Waals surface area contributed by atoms with E-state index < -0.39 is 30.1 Å². The van der Waals surface area contributed by atoms with Crippen LogP contribution in [-0.4, -0.2) is 16.8 Å². The minimum Gasteiger partial charge on any atom is -0.506 e. The van der Waals surface area contributed by atoms with Crippen molar-refractivity contribution in [3.63, 3.8) is 0 Å². The lowest BCUT2D eigenvalue weighted by Crippen LogP contribution is -2.16. The van der Waals surface area contributed by atoms with Gasteiger partial charge in [0.05, 0.1) is 22.7 Å². The van der Waals surface area contributed by atoms with Gasteiger partial charge in [0.25, 0.3) is 0 Å². The van der Waals surface area contributed by atoms with Gasteiger partial charge in [-0.25, -0.2) is 0 Å². The van der Waals surface area contributed by atoms with E-state index in [-0.39, 0.29) is 10.0 Å².